The SMILES string of the molecule is C(=Cc1ccc(N(c2ccccc2)c2cc3ccccc3c3ccccc23)cc1)c1ccc(N(c2ccccc2)c2ccc3ccccc3c2)cc1. The van der Waals surface area contributed by atoms with Gasteiger partial charge >= 0.3 is 0 Å². The quantitative estimate of drug-likeness (QED) is 0.118. The molecule has 0 aliphatic carbocycles. The third-order valence-electron chi connectivity index (χ3n) is 9.78. The fraction of sp³-hybridized carbons (Fsp3) is 0. The zero-order chi connectivity index (χ0) is 34.7. The van der Waals surface area contributed by atoms with Gasteiger partial charge in [-0.15, -0.1) is 0 Å². The molecule has 0 amide bonds. The van der Waals surface area contributed by atoms with Gasteiger partial charge in [0.15, 0.2) is 0 Å². The van der Waals surface area contributed by atoms with E-state index in [0.717, 1.165) is 45.3 Å². The Labute approximate surface area is 304 Å². The molecule has 0 fully saturated rings. The molecule has 0 radical (unpaired) electrons. The molecule has 0 saturated heterocycles. The number of hydrogen-bond donors (Lipinski definition) is 0. The van der Waals surface area contributed by atoms with E-state index in [-0.39, 0.29) is 0 Å². The summed E-state index contributed by atoms with van der Waals surface area (Å²) >= 11 is 0. The lowest BCUT2D eigenvalue weighted by Gasteiger charge is -2.27. The normalized spacial score (nSPS) is 11.4. The Kier molecular flexibility index (Phi) is 8.24. The Morgan fingerprint density at radius 2 is 0.712 bits per heavy atom. The number of rotatable bonds is 8. The van der Waals surface area contributed by atoms with Gasteiger partial charge in [0, 0.05) is 33.8 Å². The highest BCUT2D eigenvalue weighted by Crippen LogP contribution is 2.42. The summed E-state index contributed by atoms with van der Waals surface area (Å²) in [5.41, 5.74) is 9.07. The van der Waals surface area contributed by atoms with E-state index >= 15 is 0 Å². The van der Waals surface area contributed by atoms with Gasteiger partial charge < -0.3 is 9.80 Å². The maximum atomic E-state index is 2.37. The molecule has 246 valence electrons. The smallest absolute Gasteiger partial charge is 0.0546 e. The van der Waals surface area contributed by atoms with Crippen molar-refractivity contribution in [3.8, 4) is 0 Å². The zero-order valence-corrected chi connectivity index (χ0v) is 28.7. The molecule has 0 unspecified atom stereocenters. The Bertz CT molecular complexity index is 2660. The molecule has 2 nitrogen and oxygen atoms in total. The second-order valence-electron chi connectivity index (χ2n) is 13.1. The summed E-state index contributed by atoms with van der Waals surface area (Å²) < 4.78 is 0. The number of hydrogen-bond acceptors (Lipinski definition) is 2. The largest absolute Gasteiger partial charge is 0.310 e. The van der Waals surface area contributed by atoms with Crippen molar-refractivity contribution in [1.29, 1.82) is 0 Å². The van der Waals surface area contributed by atoms with Crippen molar-refractivity contribution >= 4 is 78.6 Å². The Hall–Kier alpha value is -6.90. The van der Waals surface area contributed by atoms with Gasteiger partial charge in [0.1, 0.15) is 0 Å². The standard InChI is InChI=1S/C50H36N2/c1-3-16-42(17-4-1)51(46-34-29-39-13-7-8-14-40(39)35-46)44-30-25-37(26-31-44)23-24-38-27-32-45(33-28-38)52(43-18-5-2-6-19-43)50-36-41-15-9-10-20-47(41)48-21-11-12-22-49(48)50/h1-36H. The Morgan fingerprint density at radius 3 is 1.35 bits per heavy atom. The second kappa shape index (κ2) is 13.8. The van der Waals surface area contributed by atoms with E-state index in [9.17, 15) is 0 Å². The Balaban J connectivity index is 1.02. The topological polar surface area (TPSA) is 6.48 Å². The van der Waals surface area contributed by atoms with E-state index < -0.39 is 0 Å². The van der Waals surface area contributed by atoms with Crippen LogP contribution in [0.5, 0.6) is 0 Å². The molecule has 0 atom stereocenters. The number of benzene rings is 9. The highest BCUT2D eigenvalue weighted by Gasteiger charge is 2.17. The van der Waals surface area contributed by atoms with Crippen LogP contribution in [-0.2, 0) is 0 Å². The van der Waals surface area contributed by atoms with Crippen LogP contribution >= 0.6 is 0 Å². The molecule has 0 aliphatic rings. The van der Waals surface area contributed by atoms with E-state index in [1.54, 1.807) is 0 Å². The van der Waals surface area contributed by atoms with Crippen LogP contribution in [0.4, 0.5) is 34.1 Å². The molecule has 0 aromatic heterocycles. The summed E-state index contributed by atoms with van der Waals surface area (Å²) in [6.45, 7) is 0. The van der Waals surface area contributed by atoms with Crippen molar-refractivity contribution in [3.05, 3.63) is 217 Å². The lowest BCUT2D eigenvalue weighted by atomic mass is 9.99. The van der Waals surface area contributed by atoms with Gasteiger partial charge in [0.2, 0.25) is 0 Å². The van der Waals surface area contributed by atoms with E-state index in [2.05, 4.69) is 228 Å². The van der Waals surface area contributed by atoms with Crippen LogP contribution in [0.1, 0.15) is 11.1 Å². The first kappa shape index (κ1) is 31.1. The summed E-state index contributed by atoms with van der Waals surface area (Å²) in [5, 5.41) is 7.44. The molecule has 9 aromatic rings. The van der Waals surface area contributed by atoms with Crippen LogP contribution in [0.3, 0.4) is 0 Å². The molecular formula is C50H36N2. The minimum absolute atomic E-state index is 1.11. The molecule has 0 saturated carbocycles. The highest BCUT2D eigenvalue weighted by atomic mass is 15.1. The van der Waals surface area contributed by atoms with Gasteiger partial charge in [-0.1, -0.05) is 152 Å². The zero-order valence-electron chi connectivity index (χ0n) is 28.7. The van der Waals surface area contributed by atoms with E-state index in [1.165, 1.54) is 32.3 Å². The van der Waals surface area contributed by atoms with Crippen molar-refractivity contribution in [2.45, 2.75) is 0 Å². The number of anilines is 6. The van der Waals surface area contributed by atoms with Crippen LogP contribution in [0.15, 0.2) is 206 Å². The summed E-state index contributed by atoms with van der Waals surface area (Å²) in [4.78, 5) is 4.69. The molecule has 0 aliphatic heterocycles. The third kappa shape index (κ3) is 6.08. The van der Waals surface area contributed by atoms with Gasteiger partial charge in [-0.2, -0.15) is 0 Å². The molecule has 0 heterocycles. The summed E-state index contributed by atoms with van der Waals surface area (Å²) in [6, 6.07) is 73.8. The summed E-state index contributed by atoms with van der Waals surface area (Å²) in [6.07, 6.45) is 4.38. The van der Waals surface area contributed by atoms with Crippen LogP contribution in [0.2, 0.25) is 0 Å². The number of nitrogens with zero attached hydrogens (tertiary/aromatic N) is 2. The first-order chi connectivity index (χ1) is 25.8. The van der Waals surface area contributed by atoms with Gasteiger partial charge in [0.05, 0.1) is 5.69 Å². The highest BCUT2D eigenvalue weighted by molar-refractivity contribution is 6.14. The number of para-hydroxylation sites is 2. The van der Waals surface area contributed by atoms with Crippen LogP contribution in [-0.4, -0.2) is 0 Å². The molecule has 9 rings (SSSR count). The lowest BCUT2D eigenvalue weighted by Crippen LogP contribution is -2.10. The lowest BCUT2D eigenvalue weighted by molar-refractivity contribution is 1.29. The third-order valence-corrected chi connectivity index (χ3v) is 9.78. The first-order valence-electron chi connectivity index (χ1n) is 17.8. The molecule has 9 aromatic carbocycles. The van der Waals surface area contributed by atoms with Crippen LogP contribution in [0, 0.1) is 0 Å². The van der Waals surface area contributed by atoms with Gasteiger partial charge in [-0.05, 0) is 105 Å². The minimum Gasteiger partial charge on any atom is -0.310 e. The Morgan fingerprint density at radius 1 is 0.269 bits per heavy atom. The maximum absolute atomic E-state index is 2.37. The predicted octanol–water partition coefficient (Wildman–Crippen LogP) is 14.3. The van der Waals surface area contributed by atoms with Crippen LogP contribution in [0.25, 0.3) is 44.5 Å². The summed E-state index contributed by atoms with van der Waals surface area (Å²) in [5.74, 6) is 0. The average molecular weight is 665 g/mol. The first-order valence-corrected chi connectivity index (χ1v) is 17.8. The predicted molar refractivity (Wildman–Crippen MR) is 224 cm³/mol. The monoisotopic (exact) mass is 664 g/mol. The van der Waals surface area contributed by atoms with Crippen molar-refractivity contribution in [1.82, 2.24) is 0 Å². The molecule has 0 bridgehead atoms. The van der Waals surface area contributed by atoms with Crippen molar-refractivity contribution in [2.24, 2.45) is 0 Å². The van der Waals surface area contributed by atoms with Crippen molar-refractivity contribution < 1.29 is 0 Å². The molecule has 2 heteroatoms. The van der Waals surface area contributed by atoms with Crippen LogP contribution < -0.4 is 9.80 Å². The van der Waals surface area contributed by atoms with E-state index in [0.29, 0.717) is 0 Å². The fourth-order valence-corrected chi connectivity index (χ4v) is 7.23. The number of fused-ring (bicyclic) bond motifs is 4. The van der Waals surface area contributed by atoms with E-state index in [1.807, 2.05) is 0 Å². The maximum Gasteiger partial charge on any atom is 0.0546 e. The van der Waals surface area contributed by atoms with Gasteiger partial charge in [-0.3, -0.25) is 0 Å². The molecular weight excluding hydrogens is 629 g/mol. The summed E-state index contributed by atoms with van der Waals surface area (Å²) in [7, 11) is 0. The fourth-order valence-electron chi connectivity index (χ4n) is 7.23. The van der Waals surface area contributed by atoms with Gasteiger partial charge in [-0.25, -0.2) is 0 Å². The van der Waals surface area contributed by atoms with Crippen molar-refractivity contribution in [2.75, 3.05) is 9.80 Å². The molecule has 0 spiro atoms. The minimum atomic E-state index is 1.11. The van der Waals surface area contributed by atoms with Gasteiger partial charge in [0.25, 0.3) is 0 Å². The van der Waals surface area contributed by atoms with E-state index in [4.69, 9.17) is 0 Å². The second-order valence-corrected chi connectivity index (χ2v) is 13.1. The van der Waals surface area contributed by atoms with Crippen molar-refractivity contribution in [3.63, 3.8) is 0 Å². The molecule has 0 N–H and O–H groups in total. The average Bonchev–Trinajstić information content (AvgIpc) is 3.22. The molecule has 52 heavy (non-hydrogen) atoms.